The van der Waals surface area contributed by atoms with Crippen molar-refractivity contribution in [2.24, 2.45) is 4.99 Å². The van der Waals surface area contributed by atoms with E-state index in [0.717, 1.165) is 41.8 Å². The maximum atomic E-state index is 14.8. The van der Waals surface area contributed by atoms with Gasteiger partial charge < -0.3 is 14.7 Å². The zero-order chi connectivity index (χ0) is 16.3. The molecule has 0 aliphatic carbocycles. The van der Waals surface area contributed by atoms with Crippen molar-refractivity contribution in [3.8, 4) is 0 Å². The molecule has 1 aromatic heterocycles. The monoisotopic (exact) mass is 333 g/mol. The number of amidine groups is 1. The maximum absolute atomic E-state index is 14.8. The number of pyridine rings is 1. The molecular weight excluding hydrogens is 313 g/mol. The summed E-state index contributed by atoms with van der Waals surface area (Å²) >= 11 is 1.71. The van der Waals surface area contributed by atoms with Crippen LogP contribution in [-0.4, -0.2) is 66.1 Å². The number of likely N-dealkylation sites (N-methyl/N-ethyl adjacent to an activating group) is 1. The molecule has 1 atom stereocenters. The second kappa shape index (κ2) is 5.21. The number of fused-ring (bicyclic) bond motifs is 2. The third-order valence-electron chi connectivity index (χ3n) is 4.80. The van der Waals surface area contributed by atoms with Crippen molar-refractivity contribution in [2.75, 3.05) is 44.4 Å². The lowest BCUT2D eigenvalue weighted by Crippen LogP contribution is -2.55. The fourth-order valence-corrected chi connectivity index (χ4v) is 4.63. The second-order valence-corrected chi connectivity index (χ2v) is 7.38. The number of nitrogens with zero attached hydrogens (tertiary/aromatic N) is 5. The average Bonchev–Trinajstić information content (AvgIpc) is 2.65. The van der Waals surface area contributed by atoms with Crippen LogP contribution >= 0.6 is 11.8 Å². The minimum atomic E-state index is -0.270. The highest BCUT2D eigenvalue weighted by molar-refractivity contribution is 7.99. The highest BCUT2D eigenvalue weighted by Crippen LogP contribution is 2.41. The number of hydrogen-bond donors (Lipinski definition) is 0. The first-order chi connectivity index (χ1) is 11.0. The van der Waals surface area contributed by atoms with Gasteiger partial charge in [0.15, 0.2) is 5.82 Å². The number of rotatable bonds is 0. The summed E-state index contributed by atoms with van der Waals surface area (Å²) in [4.78, 5) is 15.6. The van der Waals surface area contributed by atoms with Crippen molar-refractivity contribution < 1.29 is 4.39 Å². The lowest BCUT2D eigenvalue weighted by molar-refractivity contribution is 0.165. The molecule has 122 valence electrons. The molecule has 0 saturated carbocycles. The van der Waals surface area contributed by atoms with Crippen LogP contribution in [0.25, 0.3) is 0 Å². The van der Waals surface area contributed by atoms with Gasteiger partial charge in [0, 0.05) is 32.4 Å². The maximum Gasteiger partial charge on any atom is 0.168 e. The number of anilines is 1. The topological polar surface area (TPSA) is 35.0 Å². The fourth-order valence-electron chi connectivity index (χ4n) is 3.46. The number of piperazine rings is 1. The lowest BCUT2D eigenvalue weighted by atomic mass is 10.1. The van der Waals surface area contributed by atoms with Crippen molar-refractivity contribution in [2.45, 2.75) is 18.0 Å². The molecule has 0 bridgehead atoms. The Bertz CT molecular complexity index is 732. The molecule has 5 nitrogen and oxygen atoms in total. The van der Waals surface area contributed by atoms with Crippen LogP contribution in [-0.2, 0) is 0 Å². The van der Waals surface area contributed by atoms with Crippen LogP contribution in [0.15, 0.2) is 22.4 Å². The third kappa shape index (κ3) is 2.17. The van der Waals surface area contributed by atoms with Crippen molar-refractivity contribution in [1.82, 2.24) is 14.8 Å². The summed E-state index contributed by atoms with van der Waals surface area (Å²) in [5.74, 6) is 2.08. The predicted octanol–water partition coefficient (Wildman–Crippen LogP) is 1.92. The minimum Gasteiger partial charge on any atom is -0.349 e. The average molecular weight is 333 g/mol. The lowest BCUT2D eigenvalue weighted by Gasteiger charge is -2.42. The molecular formula is C16H20FN5S. The first-order valence-corrected chi connectivity index (χ1v) is 8.75. The zero-order valence-electron chi connectivity index (χ0n) is 13.6. The minimum absolute atomic E-state index is 0.270. The molecule has 0 radical (unpaired) electrons. The molecule has 3 aliphatic heterocycles. The van der Waals surface area contributed by atoms with Crippen LogP contribution in [0.3, 0.4) is 0 Å². The largest absolute Gasteiger partial charge is 0.349 e. The Labute approximate surface area is 139 Å². The van der Waals surface area contributed by atoms with E-state index in [1.54, 1.807) is 23.6 Å². The first-order valence-electron chi connectivity index (χ1n) is 7.77. The molecule has 1 unspecified atom stereocenters. The summed E-state index contributed by atoms with van der Waals surface area (Å²) in [5.41, 5.74) is 1.83. The molecule has 4 rings (SSSR count). The van der Waals surface area contributed by atoms with E-state index in [4.69, 9.17) is 4.99 Å². The summed E-state index contributed by atoms with van der Waals surface area (Å²) in [5, 5.41) is 0.883. The number of aliphatic imine (C=N–C) groups is 1. The summed E-state index contributed by atoms with van der Waals surface area (Å²) in [6, 6.07) is 0.360. The Hall–Kier alpha value is -1.60. The van der Waals surface area contributed by atoms with Gasteiger partial charge in [-0.25, -0.2) is 14.4 Å². The summed E-state index contributed by atoms with van der Waals surface area (Å²) in [6.45, 7) is 8.59. The van der Waals surface area contributed by atoms with E-state index in [0.29, 0.717) is 23.2 Å². The molecule has 0 N–H and O–H groups in total. The fraction of sp³-hybridized carbons (Fsp3) is 0.500. The quantitative estimate of drug-likeness (QED) is 0.725. The van der Waals surface area contributed by atoms with E-state index in [2.05, 4.69) is 28.4 Å². The van der Waals surface area contributed by atoms with Gasteiger partial charge in [-0.15, -0.1) is 11.8 Å². The molecule has 0 spiro atoms. The van der Waals surface area contributed by atoms with Gasteiger partial charge in [0.25, 0.3) is 0 Å². The van der Waals surface area contributed by atoms with E-state index in [1.165, 1.54) is 0 Å². The molecule has 23 heavy (non-hydrogen) atoms. The molecule has 7 heteroatoms. The Morgan fingerprint density at radius 3 is 2.87 bits per heavy atom. The molecule has 1 fully saturated rings. The smallest absolute Gasteiger partial charge is 0.168 e. The summed E-state index contributed by atoms with van der Waals surface area (Å²) in [7, 11) is 3.96. The van der Waals surface area contributed by atoms with E-state index >= 15 is 0 Å². The number of aromatic nitrogens is 1. The number of halogens is 1. The zero-order valence-corrected chi connectivity index (χ0v) is 14.5. The SMILES string of the molecule is C=C1N=C2c3c(nc(C)c(F)c3N1C)SCC1CN(C)CCN21. The highest BCUT2D eigenvalue weighted by Gasteiger charge is 2.38. The Morgan fingerprint density at radius 1 is 1.30 bits per heavy atom. The van der Waals surface area contributed by atoms with Crippen molar-refractivity contribution in [3.63, 3.8) is 0 Å². The van der Waals surface area contributed by atoms with Crippen LogP contribution in [0.4, 0.5) is 10.1 Å². The van der Waals surface area contributed by atoms with Gasteiger partial charge >= 0.3 is 0 Å². The Balaban J connectivity index is 1.94. The number of hydrogen-bond acceptors (Lipinski definition) is 6. The third-order valence-corrected chi connectivity index (χ3v) is 5.92. The van der Waals surface area contributed by atoms with E-state index in [1.807, 2.05) is 7.05 Å². The summed E-state index contributed by atoms with van der Waals surface area (Å²) in [6.07, 6.45) is 0. The van der Waals surface area contributed by atoms with Crippen molar-refractivity contribution >= 4 is 23.3 Å². The Morgan fingerprint density at radius 2 is 2.09 bits per heavy atom. The first kappa shape index (κ1) is 15.0. The number of aryl methyl sites for hydroxylation is 1. The van der Waals surface area contributed by atoms with E-state index in [-0.39, 0.29) is 5.82 Å². The highest BCUT2D eigenvalue weighted by atomic mass is 32.2. The Kier molecular flexibility index (Phi) is 3.39. The second-order valence-electron chi connectivity index (χ2n) is 6.37. The van der Waals surface area contributed by atoms with E-state index in [9.17, 15) is 4.39 Å². The van der Waals surface area contributed by atoms with Gasteiger partial charge in [-0.2, -0.15) is 0 Å². The van der Waals surface area contributed by atoms with Crippen LogP contribution in [0, 0.1) is 12.7 Å². The van der Waals surface area contributed by atoms with Gasteiger partial charge in [-0.1, -0.05) is 6.58 Å². The molecule has 4 heterocycles. The van der Waals surface area contributed by atoms with Gasteiger partial charge in [-0.05, 0) is 14.0 Å². The number of thioether (sulfide) groups is 1. The summed E-state index contributed by atoms with van der Waals surface area (Å²) < 4.78 is 14.8. The van der Waals surface area contributed by atoms with Gasteiger partial charge in [0.05, 0.1) is 23.0 Å². The molecule has 1 saturated heterocycles. The standard InChI is InChI=1S/C16H20FN5S/c1-9-13(17)14-12-15(19-10(2)21(14)4)22-6-5-20(3)7-11(22)8-23-16(12)18-9/h11H,2,5-8H2,1,3-4H3. The van der Waals surface area contributed by atoms with Crippen LogP contribution in [0.2, 0.25) is 0 Å². The molecule has 1 aromatic rings. The van der Waals surface area contributed by atoms with Gasteiger partial charge in [0.2, 0.25) is 0 Å². The van der Waals surface area contributed by atoms with Gasteiger partial charge in [-0.3, -0.25) is 0 Å². The molecule has 3 aliphatic rings. The molecule has 0 aromatic carbocycles. The van der Waals surface area contributed by atoms with Gasteiger partial charge in [0.1, 0.15) is 16.7 Å². The van der Waals surface area contributed by atoms with Crippen LogP contribution in [0.5, 0.6) is 0 Å². The van der Waals surface area contributed by atoms with Crippen molar-refractivity contribution in [3.05, 3.63) is 29.5 Å². The van der Waals surface area contributed by atoms with Crippen LogP contribution < -0.4 is 4.90 Å². The molecule has 0 amide bonds. The van der Waals surface area contributed by atoms with Crippen molar-refractivity contribution in [1.29, 1.82) is 0 Å². The predicted molar refractivity (Wildman–Crippen MR) is 91.7 cm³/mol. The van der Waals surface area contributed by atoms with Crippen LogP contribution in [0.1, 0.15) is 11.3 Å². The normalized spacial score (nSPS) is 24.1. The van der Waals surface area contributed by atoms with E-state index < -0.39 is 0 Å².